The van der Waals surface area contributed by atoms with E-state index in [1.54, 1.807) is 42.6 Å². The van der Waals surface area contributed by atoms with Crippen LogP contribution in [0.1, 0.15) is 16.8 Å². The number of benzene rings is 3. The molecule has 1 atom stereocenters. The summed E-state index contributed by atoms with van der Waals surface area (Å²) < 4.78 is 14.8. The first-order valence-corrected chi connectivity index (χ1v) is 17.7. The molecule has 0 spiro atoms. The maximum absolute atomic E-state index is 13.4. The summed E-state index contributed by atoms with van der Waals surface area (Å²) in [6.07, 6.45) is -0.818. The highest BCUT2D eigenvalue weighted by Gasteiger charge is 2.24. The van der Waals surface area contributed by atoms with Crippen LogP contribution in [0.5, 0.6) is 11.5 Å². The molecular weight excluding hydrogens is 745 g/mol. The van der Waals surface area contributed by atoms with Gasteiger partial charge in [-0.15, -0.1) is 20.2 Å². The maximum atomic E-state index is 13.4. The van der Waals surface area contributed by atoms with Crippen molar-refractivity contribution in [2.24, 2.45) is 10.2 Å². The largest absolute Gasteiger partial charge is 0.426 e. The van der Waals surface area contributed by atoms with Crippen molar-refractivity contribution < 1.29 is 38.9 Å². The van der Waals surface area contributed by atoms with Gasteiger partial charge in [0.1, 0.15) is 39.4 Å². The summed E-state index contributed by atoms with van der Waals surface area (Å²) in [5, 5.41) is 27.4. The number of aromatic nitrogens is 1. The van der Waals surface area contributed by atoms with Gasteiger partial charge in [-0.25, -0.2) is 9.78 Å². The number of nitrogens with one attached hydrogen (secondary N) is 1. The first kappa shape index (κ1) is 36.5. The monoisotopic (exact) mass is 766 g/mol. The molecule has 20 heteroatoms. The predicted molar refractivity (Wildman–Crippen MR) is 189 cm³/mol. The molecule has 5 rings (SSSR count). The highest BCUT2D eigenvalue weighted by Crippen LogP contribution is 2.32. The molecule has 2 heterocycles. The van der Waals surface area contributed by atoms with Gasteiger partial charge in [-0.3, -0.25) is 4.79 Å². The summed E-state index contributed by atoms with van der Waals surface area (Å²) in [6, 6.07) is 25.1. The Balaban J connectivity index is 1.33. The van der Waals surface area contributed by atoms with Crippen molar-refractivity contribution >= 4 is 74.0 Å². The summed E-state index contributed by atoms with van der Waals surface area (Å²) in [5.74, 6) is -1.44. The van der Waals surface area contributed by atoms with E-state index in [1.807, 2.05) is 36.4 Å². The fourth-order valence-electron chi connectivity index (χ4n) is 4.02. The zero-order valence-electron chi connectivity index (χ0n) is 25.7. The molecule has 3 aromatic carbocycles. The Labute approximate surface area is 304 Å². The number of rotatable bonds is 16. The van der Waals surface area contributed by atoms with E-state index >= 15 is 0 Å². The molecule has 0 aliphatic rings. The van der Waals surface area contributed by atoms with Crippen molar-refractivity contribution in [2.45, 2.75) is 17.4 Å². The van der Waals surface area contributed by atoms with Crippen LogP contribution in [0.4, 0.5) is 17.2 Å². The smallest absolute Gasteiger partial charge is 0.347 e. The fraction of sp³-hybridized carbons (Fsp3) is 0.0968. The summed E-state index contributed by atoms with van der Waals surface area (Å²) in [4.78, 5) is 62.0. The first-order chi connectivity index (χ1) is 24.6. The molecule has 0 saturated heterocycles. The van der Waals surface area contributed by atoms with E-state index in [4.69, 9.17) is 21.7 Å². The van der Waals surface area contributed by atoms with Gasteiger partial charge in [0, 0.05) is 16.0 Å². The minimum absolute atomic E-state index is 0.179. The number of esters is 2. The van der Waals surface area contributed by atoms with Gasteiger partial charge in [0.05, 0.1) is 17.8 Å². The molecule has 5 aromatic rings. The zero-order valence-corrected chi connectivity index (χ0v) is 28.9. The Hall–Kier alpha value is -5.83. The topological polar surface area (TPSA) is 207 Å². The summed E-state index contributed by atoms with van der Waals surface area (Å²) >= 11 is 6.56. The number of carbonyl (C=O) groups excluding carboxylic acids is 2. The van der Waals surface area contributed by atoms with Crippen molar-refractivity contribution in [1.29, 1.82) is 0 Å². The van der Waals surface area contributed by atoms with E-state index in [2.05, 4.69) is 29.6 Å². The third-order valence-corrected chi connectivity index (χ3v) is 10.00. The number of pyridine rings is 1. The van der Waals surface area contributed by atoms with Crippen molar-refractivity contribution in [3.05, 3.63) is 127 Å². The molecule has 0 aliphatic carbocycles. The van der Waals surface area contributed by atoms with E-state index in [-0.39, 0.29) is 22.7 Å². The second-order valence-electron chi connectivity index (χ2n) is 9.85. The van der Waals surface area contributed by atoms with E-state index in [0.29, 0.717) is 11.5 Å². The van der Waals surface area contributed by atoms with E-state index in [9.17, 15) is 29.8 Å². The van der Waals surface area contributed by atoms with Crippen LogP contribution in [0, 0.1) is 24.1 Å². The Morgan fingerprint density at radius 2 is 1.65 bits per heavy atom. The predicted octanol–water partition coefficient (Wildman–Crippen LogP) is 8.44. The van der Waals surface area contributed by atoms with Crippen LogP contribution < -0.4 is 14.2 Å². The molecular formula is C31H22N6O10S4. The van der Waals surface area contributed by atoms with Crippen LogP contribution in [0.25, 0.3) is 10.4 Å². The molecule has 0 radical (unpaired) electrons. The SMILES string of the molecule is O=C(CC(CO[N+](=O)[O-])O[N+](=O)[O-])Oc1ccc(N=Nc2ccc(SNc3ccccn3)cc2)cc1C(=O)Oc1ccc(-c2cc(=S)ss2)cc1. The number of hydrogen-bond donors (Lipinski definition) is 1. The number of nitrogens with zero attached hydrogens (tertiary/aromatic N) is 5. The minimum atomic E-state index is -1.67. The Bertz CT molecular complexity index is 2090. The molecule has 1 N–H and O–H groups in total. The van der Waals surface area contributed by atoms with Gasteiger partial charge in [-0.2, -0.15) is 10.2 Å². The third-order valence-electron chi connectivity index (χ3n) is 6.27. The normalized spacial score (nSPS) is 11.4. The molecule has 0 fully saturated rings. The Morgan fingerprint density at radius 1 is 0.902 bits per heavy atom. The standard InChI is InChI=1S/C31H22N6O10S4/c38-29(16-23(47-37(42)43)18-44-36(40)41)46-26-13-8-21(34-33-20-6-11-24(12-7-20)49-35-28-3-1-2-14-32-28)15-25(26)31(39)45-22-9-4-19(5-10-22)27-17-30(48)51-50-27/h1-15,17,23H,16,18H2,(H,32,35). The highest BCUT2D eigenvalue weighted by molar-refractivity contribution is 8.00. The lowest BCUT2D eigenvalue weighted by molar-refractivity contribution is -0.789. The van der Waals surface area contributed by atoms with Gasteiger partial charge < -0.3 is 23.9 Å². The van der Waals surface area contributed by atoms with Gasteiger partial charge in [-0.05, 0) is 102 Å². The highest BCUT2D eigenvalue weighted by atomic mass is 32.9. The lowest BCUT2D eigenvalue weighted by Crippen LogP contribution is -2.29. The Kier molecular flexibility index (Phi) is 12.7. The van der Waals surface area contributed by atoms with Crippen molar-refractivity contribution in [3.8, 4) is 21.9 Å². The van der Waals surface area contributed by atoms with Crippen molar-refractivity contribution in [2.75, 3.05) is 11.3 Å². The van der Waals surface area contributed by atoms with Crippen LogP contribution in [0.15, 0.2) is 112 Å². The van der Waals surface area contributed by atoms with Crippen LogP contribution in [0.3, 0.4) is 0 Å². The van der Waals surface area contributed by atoms with Crippen LogP contribution >= 0.6 is 44.8 Å². The quantitative estimate of drug-likeness (QED) is 0.0146. The van der Waals surface area contributed by atoms with Crippen molar-refractivity contribution in [1.82, 2.24) is 4.98 Å². The Morgan fingerprint density at radius 3 is 2.31 bits per heavy atom. The molecule has 2 aromatic heterocycles. The van der Waals surface area contributed by atoms with Gasteiger partial charge in [0.15, 0.2) is 0 Å². The van der Waals surface area contributed by atoms with Gasteiger partial charge in [0.2, 0.25) is 0 Å². The first-order valence-electron chi connectivity index (χ1n) is 14.3. The van der Waals surface area contributed by atoms with E-state index < -0.39 is 41.2 Å². The summed E-state index contributed by atoms with van der Waals surface area (Å²) in [5.41, 5.74) is 1.33. The number of hydrogen-bond acceptors (Lipinski definition) is 18. The maximum Gasteiger partial charge on any atom is 0.347 e. The molecule has 16 nitrogen and oxygen atoms in total. The van der Waals surface area contributed by atoms with Crippen molar-refractivity contribution in [3.63, 3.8) is 0 Å². The van der Waals surface area contributed by atoms with E-state index in [1.165, 1.54) is 50.8 Å². The second kappa shape index (κ2) is 17.7. The lowest BCUT2D eigenvalue weighted by atomic mass is 10.1. The fourth-order valence-corrected chi connectivity index (χ4v) is 7.04. The second-order valence-corrected chi connectivity index (χ2v) is 13.6. The number of carbonyl (C=O) groups is 2. The lowest BCUT2D eigenvalue weighted by Gasteiger charge is -2.14. The van der Waals surface area contributed by atoms with Crippen LogP contribution in [-0.4, -0.2) is 39.8 Å². The zero-order chi connectivity index (χ0) is 36.2. The number of ether oxygens (including phenoxy) is 2. The molecule has 0 aliphatic heterocycles. The molecule has 1 unspecified atom stereocenters. The average molecular weight is 767 g/mol. The molecule has 0 saturated carbocycles. The molecule has 0 amide bonds. The number of azo groups is 1. The van der Waals surface area contributed by atoms with Gasteiger partial charge in [-0.1, -0.05) is 39.0 Å². The molecule has 51 heavy (non-hydrogen) atoms. The van der Waals surface area contributed by atoms with Gasteiger partial charge >= 0.3 is 11.9 Å². The summed E-state index contributed by atoms with van der Waals surface area (Å²) in [6.45, 7) is -0.923. The minimum Gasteiger partial charge on any atom is -0.426 e. The van der Waals surface area contributed by atoms with Gasteiger partial charge in [0.25, 0.3) is 10.2 Å². The van der Waals surface area contributed by atoms with Crippen LogP contribution in [0.2, 0.25) is 0 Å². The third kappa shape index (κ3) is 11.4. The summed E-state index contributed by atoms with van der Waals surface area (Å²) in [7, 11) is 2.98. The van der Waals surface area contributed by atoms with E-state index in [0.717, 1.165) is 19.2 Å². The molecule has 260 valence electrons. The van der Waals surface area contributed by atoms with Crippen LogP contribution in [-0.2, 0) is 14.5 Å². The number of anilines is 1. The average Bonchev–Trinajstić information content (AvgIpc) is 3.56. The molecule has 0 bridgehead atoms.